The maximum Gasteiger partial charge on any atom is 0.316 e. The Kier molecular flexibility index (Phi) is 9.58. The molecular formula is C35H54O5. The van der Waals surface area contributed by atoms with Gasteiger partial charge in [0, 0.05) is 17.4 Å². The number of fused-ring (bicyclic) bond motifs is 3. The fourth-order valence-corrected chi connectivity index (χ4v) is 5.82. The normalized spacial score (nSPS) is 20.5. The maximum absolute atomic E-state index is 13.1. The number of hydrogen-bond donors (Lipinski definition) is 0. The Morgan fingerprint density at radius 3 is 2.17 bits per heavy atom. The molecule has 2 atom stereocenters. The minimum Gasteiger partial charge on any atom is -0.487 e. The lowest BCUT2D eigenvalue weighted by Crippen LogP contribution is -2.45. The van der Waals surface area contributed by atoms with Crippen LogP contribution in [0, 0.1) is 16.7 Å². The van der Waals surface area contributed by atoms with Crippen LogP contribution in [0.15, 0.2) is 23.8 Å². The lowest BCUT2D eigenvalue weighted by molar-refractivity contribution is -0.153. The van der Waals surface area contributed by atoms with E-state index in [0.717, 1.165) is 61.8 Å². The Bertz CT molecular complexity index is 1110. The molecule has 3 rings (SSSR count). The maximum atomic E-state index is 13.1. The van der Waals surface area contributed by atoms with Gasteiger partial charge in [0.15, 0.2) is 0 Å². The molecule has 0 saturated carbocycles. The minimum absolute atomic E-state index is 0.122. The summed E-state index contributed by atoms with van der Waals surface area (Å²) in [6.07, 6.45) is 9.31. The van der Waals surface area contributed by atoms with Gasteiger partial charge in [0.05, 0.1) is 17.4 Å². The van der Waals surface area contributed by atoms with Crippen LogP contribution in [0.2, 0.25) is 0 Å². The van der Waals surface area contributed by atoms with Crippen LogP contribution in [-0.4, -0.2) is 24.1 Å². The molecule has 0 amide bonds. The molecule has 2 unspecified atom stereocenters. The van der Waals surface area contributed by atoms with Crippen LogP contribution in [0.5, 0.6) is 11.5 Å². The average molecular weight is 555 g/mol. The number of allylic oxidation sites excluding steroid dienone is 2. The molecule has 5 nitrogen and oxygen atoms in total. The molecule has 1 aliphatic carbocycles. The number of benzene rings is 1. The zero-order valence-electron chi connectivity index (χ0n) is 27.1. The Hall–Kier alpha value is -2.30. The molecule has 0 bridgehead atoms. The molecule has 1 aliphatic heterocycles. The summed E-state index contributed by atoms with van der Waals surface area (Å²) in [7, 11) is 0. The van der Waals surface area contributed by atoms with Gasteiger partial charge in [-0.05, 0) is 111 Å². The largest absolute Gasteiger partial charge is 0.487 e. The molecule has 224 valence electrons. The third-order valence-electron chi connectivity index (χ3n) is 8.63. The molecule has 1 heterocycles. The van der Waals surface area contributed by atoms with E-state index < -0.39 is 10.8 Å². The molecule has 0 saturated heterocycles. The van der Waals surface area contributed by atoms with Crippen LogP contribution < -0.4 is 9.47 Å². The molecule has 0 N–H and O–H groups in total. The van der Waals surface area contributed by atoms with E-state index in [2.05, 4.69) is 52.8 Å². The van der Waals surface area contributed by atoms with E-state index in [9.17, 15) is 9.59 Å². The molecule has 0 spiro atoms. The highest BCUT2D eigenvalue weighted by atomic mass is 16.5. The number of esters is 2. The number of ether oxygens (including phenoxy) is 3. The first-order chi connectivity index (χ1) is 18.3. The van der Waals surface area contributed by atoms with Crippen molar-refractivity contribution in [3.05, 3.63) is 34.9 Å². The van der Waals surface area contributed by atoms with Crippen LogP contribution in [0.4, 0.5) is 0 Å². The third-order valence-corrected chi connectivity index (χ3v) is 8.63. The Balaban J connectivity index is 1.79. The van der Waals surface area contributed by atoms with Crippen molar-refractivity contribution in [2.24, 2.45) is 16.7 Å². The molecule has 0 radical (unpaired) electrons. The second kappa shape index (κ2) is 11.9. The van der Waals surface area contributed by atoms with Gasteiger partial charge in [-0.15, -0.1) is 0 Å². The third kappa shape index (κ3) is 7.70. The first kappa shape index (κ1) is 32.2. The van der Waals surface area contributed by atoms with E-state index in [4.69, 9.17) is 14.2 Å². The molecule has 1 aromatic rings. The van der Waals surface area contributed by atoms with Gasteiger partial charge in [-0.1, -0.05) is 44.8 Å². The molecule has 5 heteroatoms. The first-order valence-corrected chi connectivity index (χ1v) is 15.3. The zero-order valence-corrected chi connectivity index (χ0v) is 27.1. The summed E-state index contributed by atoms with van der Waals surface area (Å²) in [5.41, 5.74) is 2.10. The number of carbonyl (C=O) groups is 2. The quantitative estimate of drug-likeness (QED) is 0.132. The van der Waals surface area contributed by atoms with E-state index in [1.165, 1.54) is 5.57 Å². The molecule has 1 aromatic carbocycles. The van der Waals surface area contributed by atoms with Gasteiger partial charge in [0.1, 0.15) is 17.1 Å². The van der Waals surface area contributed by atoms with E-state index >= 15 is 0 Å². The monoisotopic (exact) mass is 554 g/mol. The molecule has 0 aromatic heterocycles. The van der Waals surface area contributed by atoms with Crippen molar-refractivity contribution in [3.63, 3.8) is 0 Å². The van der Waals surface area contributed by atoms with Crippen LogP contribution in [-0.2, 0) is 19.7 Å². The molecule has 40 heavy (non-hydrogen) atoms. The molecular weight excluding hydrogens is 500 g/mol. The van der Waals surface area contributed by atoms with E-state index in [1.54, 1.807) is 0 Å². The average Bonchev–Trinajstić information content (AvgIpc) is 2.81. The van der Waals surface area contributed by atoms with Gasteiger partial charge < -0.3 is 14.2 Å². The SMILES string of the molecule is CC1=CCC2C(C1)c1c(OC(=O)C(C)(C)C)cc(C(C)(C)CCCCCCOC(=O)C(C)(C)C)cc1OC2(C)C. The second-order valence-electron chi connectivity index (χ2n) is 15.4. The van der Waals surface area contributed by atoms with Gasteiger partial charge in [-0.2, -0.15) is 0 Å². The summed E-state index contributed by atoms with van der Waals surface area (Å²) in [6, 6.07) is 4.32. The summed E-state index contributed by atoms with van der Waals surface area (Å²) < 4.78 is 18.3. The minimum atomic E-state index is -0.601. The van der Waals surface area contributed by atoms with Crippen LogP contribution in [0.3, 0.4) is 0 Å². The predicted octanol–water partition coefficient (Wildman–Crippen LogP) is 9.07. The van der Waals surface area contributed by atoms with Crippen molar-refractivity contribution < 1.29 is 23.8 Å². The number of unbranched alkanes of at least 4 members (excludes halogenated alkanes) is 3. The summed E-state index contributed by atoms with van der Waals surface area (Å²) in [4.78, 5) is 25.1. The lowest BCUT2D eigenvalue weighted by atomic mass is 9.66. The van der Waals surface area contributed by atoms with Crippen molar-refractivity contribution in [2.75, 3.05) is 6.61 Å². The molecule has 0 fully saturated rings. The van der Waals surface area contributed by atoms with Gasteiger partial charge in [-0.25, -0.2) is 0 Å². The second-order valence-corrected chi connectivity index (χ2v) is 15.4. The standard InChI is InChI=1S/C35H54O5/c1-23-16-17-26-25(20-23)29-27(39-31(37)33(5,6)7)21-24(22-28(29)40-35(26,10)11)34(8,9)18-14-12-13-15-19-38-30(36)32(2,3)4/h16,21-22,25-26H,12-15,17-20H2,1-11H3. The van der Waals surface area contributed by atoms with Crippen LogP contribution >= 0.6 is 0 Å². The topological polar surface area (TPSA) is 61.8 Å². The van der Waals surface area contributed by atoms with Crippen molar-refractivity contribution in [1.82, 2.24) is 0 Å². The Morgan fingerprint density at radius 1 is 0.925 bits per heavy atom. The van der Waals surface area contributed by atoms with Crippen LogP contribution in [0.25, 0.3) is 0 Å². The smallest absolute Gasteiger partial charge is 0.316 e. The van der Waals surface area contributed by atoms with Gasteiger partial charge in [-0.3, -0.25) is 9.59 Å². The van der Waals surface area contributed by atoms with Crippen molar-refractivity contribution in [1.29, 1.82) is 0 Å². The van der Waals surface area contributed by atoms with Gasteiger partial charge >= 0.3 is 11.9 Å². The van der Waals surface area contributed by atoms with Gasteiger partial charge in [0.2, 0.25) is 0 Å². The van der Waals surface area contributed by atoms with Crippen molar-refractivity contribution in [2.45, 2.75) is 138 Å². The number of rotatable bonds is 9. The van der Waals surface area contributed by atoms with E-state index in [-0.39, 0.29) is 28.9 Å². The van der Waals surface area contributed by atoms with Crippen molar-refractivity contribution in [3.8, 4) is 11.5 Å². The van der Waals surface area contributed by atoms with E-state index in [0.29, 0.717) is 18.3 Å². The first-order valence-electron chi connectivity index (χ1n) is 15.3. The number of carbonyl (C=O) groups excluding carboxylic acids is 2. The van der Waals surface area contributed by atoms with Crippen molar-refractivity contribution >= 4 is 11.9 Å². The summed E-state index contributed by atoms with van der Waals surface area (Å²) in [6.45, 7) is 22.9. The summed E-state index contributed by atoms with van der Waals surface area (Å²) >= 11 is 0. The summed E-state index contributed by atoms with van der Waals surface area (Å²) in [5.74, 6) is 1.76. The molecule has 2 aliphatic rings. The fraction of sp³-hybridized carbons (Fsp3) is 0.714. The lowest BCUT2D eigenvalue weighted by Gasteiger charge is -2.47. The van der Waals surface area contributed by atoms with E-state index in [1.807, 2.05) is 41.5 Å². The highest BCUT2D eigenvalue weighted by Gasteiger charge is 2.46. The Labute approximate surface area is 243 Å². The highest BCUT2D eigenvalue weighted by Crippen LogP contribution is 2.55. The highest BCUT2D eigenvalue weighted by molar-refractivity contribution is 5.79. The number of hydrogen-bond acceptors (Lipinski definition) is 5. The van der Waals surface area contributed by atoms with Crippen LogP contribution in [0.1, 0.15) is 138 Å². The summed E-state index contributed by atoms with van der Waals surface area (Å²) in [5, 5.41) is 0. The Morgan fingerprint density at radius 2 is 1.55 bits per heavy atom. The fourth-order valence-electron chi connectivity index (χ4n) is 5.82. The van der Waals surface area contributed by atoms with Gasteiger partial charge in [0.25, 0.3) is 0 Å². The predicted molar refractivity (Wildman–Crippen MR) is 162 cm³/mol. The zero-order chi connectivity index (χ0) is 30.1.